The number of aromatic nitrogens is 3. The van der Waals surface area contributed by atoms with E-state index < -0.39 is 5.82 Å². The monoisotopic (exact) mass is 396 g/mol. The van der Waals surface area contributed by atoms with Crippen molar-refractivity contribution in [2.45, 2.75) is 53.1 Å². The van der Waals surface area contributed by atoms with E-state index in [-0.39, 0.29) is 23.1 Å². The molecule has 3 aromatic rings. The first-order valence-electron chi connectivity index (χ1n) is 9.83. The minimum atomic E-state index is -0.432. The van der Waals surface area contributed by atoms with Crippen molar-refractivity contribution in [3.63, 3.8) is 0 Å². The van der Waals surface area contributed by atoms with Gasteiger partial charge in [-0.25, -0.2) is 13.9 Å². The van der Waals surface area contributed by atoms with Crippen molar-refractivity contribution in [1.82, 2.24) is 19.5 Å². The van der Waals surface area contributed by atoms with E-state index >= 15 is 0 Å². The summed E-state index contributed by atoms with van der Waals surface area (Å²) >= 11 is 0. The van der Waals surface area contributed by atoms with Crippen molar-refractivity contribution >= 4 is 11.6 Å². The van der Waals surface area contributed by atoms with Gasteiger partial charge in [0, 0.05) is 17.8 Å². The van der Waals surface area contributed by atoms with E-state index in [2.05, 4.69) is 10.4 Å². The Morgan fingerprint density at radius 2 is 2.00 bits per heavy atom. The van der Waals surface area contributed by atoms with Crippen molar-refractivity contribution < 1.29 is 9.18 Å². The van der Waals surface area contributed by atoms with Gasteiger partial charge in [-0.1, -0.05) is 20.8 Å². The summed E-state index contributed by atoms with van der Waals surface area (Å²) in [5, 5.41) is 7.33. The van der Waals surface area contributed by atoms with Gasteiger partial charge in [0.15, 0.2) is 5.65 Å². The van der Waals surface area contributed by atoms with Crippen LogP contribution >= 0.6 is 0 Å². The first kappa shape index (κ1) is 19.4. The molecule has 1 amide bonds. The lowest BCUT2D eigenvalue weighted by Gasteiger charge is -2.16. The van der Waals surface area contributed by atoms with Crippen LogP contribution in [0, 0.1) is 18.2 Å². The minimum absolute atomic E-state index is 0.0897. The summed E-state index contributed by atoms with van der Waals surface area (Å²) in [5.41, 5.74) is 2.27. The molecule has 1 saturated carbocycles. The molecule has 29 heavy (non-hydrogen) atoms. The van der Waals surface area contributed by atoms with Crippen molar-refractivity contribution in [1.29, 1.82) is 0 Å². The number of fused-ring (bicyclic) bond motifs is 1. The smallest absolute Gasteiger partial charge is 0.349 e. The molecule has 0 saturated heterocycles. The summed E-state index contributed by atoms with van der Waals surface area (Å²) in [6, 6.07) is 6.68. The highest BCUT2D eigenvalue weighted by Crippen LogP contribution is 2.28. The Morgan fingerprint density at radius 3 is 2.66 bits per heavy atom. The number of halogens is 1. The summed E-state index contributed by atoms with van der Waals surface area (Å²) in [6.45, 7) is 8.30. The van der Waals surface area contributed by atoms with Crippen LogP contribution in [0.4, 0.5) is 4.39 Å². The molecule has 0 atom stereocenters. The Balaban J connectivity index is 1.76. The van der Waals surface area contributed by atoms with E-state index in [9.17, 15) is 14.0 Å². The van der Waals surface area contributed by atoms with Crippen molar-refractivity contribution in [3.8, 4) is 11.1 Å². The molecule has 0 aliphatic heterocycles. The van der Waals surface area contributed by atoms with E-state index in [4.69, 9.17) is 0 Å². The first-order valence-corrected chi connectivity index (χ1v) is 9.83. The van der Waals surface area contributed by atoms with Gasteiger partial charge in [0.05, 0.1) is 6.54 Å². The van der Waals surface area contributed by atoms with Crippen LogP contribution in [0.25, 0.3) is 16.8 Å². The predicted octanol–water partition coefficient (Wildman–Crippen LogP) is 3.55. The van der Waals surface area contributed by atoms with Gasteiger partial charge >= 0.3 is 5.69 Å². The normalized spacial score (nSPS) is 14.4. The van der Waals surface area contributed by atoms with Gasteiger partial charge in [-0.05, 0) is 66.1 Å². The maximum Gasteiger partial charge on any atom is 0.350 e. The van der Waals surface area contributed by atoms with Crippen LogP contribution in [0.3, 0.4) is 0 Å². The summed E-state index contributed by atoms with van der Waals surface area (Å²) < 4.78 is 17.5. The summed E-state index contributed by atoms with van der Waals surface area (Å²) in [5.74, 6) is -0.696. The first-order chi connectivity index (χ1) is 13.6. The Kier molecular flexibility index (Phi) is 4.56. The molecule has 1 N–H and O–H groups in total. The van der Waals surface area contributed by atoms with Gasteiger partial charge in [-0.15, -0.1) is 5.10 Å². The second-order valence-electron chi connectivity index (χ2n) is 9.02. The maximum atomic E-state index is 14.6. The van der Waals surface area contributed by atoms with Gasteiger partial charge in [0.25, 0.3) is 5.91 Å². The lowest BCUT2D eigenvalue weighted by atomic mass is 9.97. The fourth-order valence-electron chi connectivity index (χ4n) is 3.34. The zero-order chi connectivity index (χ0) is 20.9. The summed E-state index contributed by atoms with van der Waals surface area (Å²) in [6.07, 6.45) is 3.58. The number of hydrogen-bond donors (Lipinski definition) is 1. The molecule has 152 valence electrons. The molecule has 0 bridgehead atoms. The van der Waals surface area contributed by atoms with Crippen molar-refractivity contribution in [3.05, 3.63) is 57.9 Å². The highest BCUT2D eigenvalue weighted by Gasteiger charge is 2.25. The second-order valence-corrected chi connectivity index (χ2v) is 9.02. The fourth-order valence-corrected chi connectivity index (χ4v) is 3.34. The Labute approximate surface area is 168 Å². The molecule has 1 aromatic carbocycles. The van der Waals surface area contributed by atoms with Crippen molar-refractivity contribution in [2.24, 2.45) is 5.41 Å². The van der Waals surface area contributed by atoms with Gasteiger partial charge in [-0.2, -0.15) is 0 Å². The predicted molar refractivity (Wildman–Crippen MR) is 110 cm³/mol. The molecule has 1 fully saturated rings. The molecular weight excluding hydrogens is 371 g/mol. The van der Waals surface area contributed by atoms with Gasteiger partial charge < -0.3 is 5.32 Å². The number of carbonyl (C=O) groups is 1. The molecule has 7 heteroatoms. The molecule has 0 unspecified atom stereocenters. The lowest BCUT2D eigenvalue weighted by molar-refractivity contribution is 0.0950. The number of benzene rings is 1. The average Bonchev–Trinajstić information content (AvgIpc) is 3.40. The van der Waals surface area contributed by atoms with Gasteiger partial charge in [0.2, 0.25) is 0 Å². The molecule has 1 aliphatic rings. The Hall–Kier alpha value is -2.96. The number of pyridine rings is 1. The molecule has 0 spiro atoms. The Bertz CT molecular complexity index is 1170. The van der Waals surface area contributed by atoms with E-state index in [1.807, 2.05) is 20.8 Å². The third-order valence-corrected chi connectivity index (χ3v) is 5.04. The van der Waals surface area contributed by atoms with Crippen LogP contribution < -0.4 is 11.0 Å². The van der Waals surface area contributed by atoms with Crippen LogP contribution in [-0.2, 0) is 6.54 Å². The molecule has 2 heterocycles. The number of nitrogens with zero attached hydrogens (tertiary/aromatic N) is 3. The molecule has 6 nitrogen and oxygen atoms in total. The van der Waals surface area contributed by atoms with Gasteiger partial charge in [-0.3, -0.25) is 9.20 Å². The van der Waals surface area contributed by atoms with Crippen molar-refractivity contribution in [2.75, 3.05) is 0 Å². The van der Waals surface area contributed by atoms with Crippen LogP contribution in [0.15, 0.2) is 35.3 Å². The zero-order valence-electron chi connectivity index (χ0n) is 17.1. The summed E-state index contributed by atoms with van der Waals surface area (Å²) in [4.78, 5) is 25.0. The van der Waals surface area contributed by atoms with Crippen LogP contribution in [0.1, 0.15) is 49.5 Å². The third kappa shape index (κ3) is 3.95. The fraction of sp³-hybridized carbons (Fsp3) is 0.409. The number of nitrogens with one attached hydrogen (secondary N) is 1. The van der Waals surface area contributed by atoms with Crippen LogP contribution in [0.5, 0.6) is 0 Å². The zero-order valence-corrected chi connectivity index (χ0v) is 17.1. The van der Waals surface area contributed by atoms with Crippen LogP contribution in [-0.4, -0.2) is 26.1 Å². The number of amides is 1. The molecular formula is C22H25FN4O2. The maximum absolute atomic E-state index is 14.6. The van der Waals surface area contributed by atoms with Crippen LogP contribution in [0.2, 0.25) is 0 Å². The van der Waals surface area contributed by atoms with E-state index in [0.29, 0.717) is 34.4 Å². The number of hydrogen-bond acceptors (Lipinski definition) is 3. The topological polar surface area (TPSA) is 68.4 Å². The average molecular weight is 396 g/mol. The molecule has 0 radical (unpaired) electrons. The number of carbonyl (C=O) groups excluding carboxylic acids is 1. The third-order valence-electron chi connectivity index (χ3n) is 5.04. The quantitative estimate of drug-likeness (QED) is 0.733. The SMILES string of the molecule is Cc1c(F)cc(C(=O)NC2CC2)cc1-c1ccn2c(=O)n(CC(C)(C)C)nc2c1. The van der Waals surface area contributed by atoms with E-state index in [0.717, 1.165) is 12.8 Å². The summed E-state index contributed by atoms with van der Waals surface area (Å²) in [7, 11) is 0. The van der Waals surface area contributed by atoms with Gasteiger partial charge in [0.1, 0.15) is 5.82 Å². The van der Waals surface area contributed by atoms with E-state index in [1.54, 1.807) is 31.3 Å². The molecule has 4 rings (SSSR count). The highest BCUT2D eigenvalue weighted by molar-refractivity contribution is 5.96. The standard InChI is InChI=1S/C22H25FN4O2/c1-13-17(9-15(10-18(13)23)20(28)24-16-5-6-16)14-7-8-26-19(11-14)25-27(21(26)29)12-22(2,3)4/h7-11,16H,5-6,12H2,1-4H3,(H,24,28). The Morgan fingerprint density at radius 1 is 1.28 bits per heavy atom. The minimum Gasteiger partial charge on any atom is -0.349 e. The largest absolute Gasteiger partial charge is 0.350 e. The second kappa shape index (κ2) is 6.83. The highest BCUT2D eigenvalue weighted by atomic mass is 19.1. The lowest BCUT2D eigenvalue weighted by Crippen LogP contribution is -2.27. The molecule has 2 aromatic heterocycles. The van der Waals surface area contributed by atoms with E-state index in [1.165, 1.54) is 15.1 Å². The number of rotatable bonds is 4. The molecule has 1 aliphatic carbocycles.